The topological polar surface area (TPSA) is 60.7 Å². The Morgan fingerprint density at radius 3 is 2.43 bits per heavy atom. The Hall–Kier alpha value is -2.79. The van der Waals surface area contributed by atoms with Crippen LogP contribution in [-0.4, -0.2) is 33.1 Å². The molecule has 5 heteroatoms. The Balaban J connectivity index is 1.54. The van der Waals surface area contributed by atoms with Gasteiger partial charge in [0, 0.05) is 30.8 Å². The van der Waals surface area contributed by atoms with Crippen LogP contribution in [0, 0.1) is 0 Å². The molecule has 0 aliphatic carbocycles. The Kier molecular flexibility index (Phi) is 6.71. The first-order valence-electron chi connectivity index (χ1n) is 9.62. The number of para-hydroxylation sites is 1. The Bertz CT molecular complexity index is 923. The van der Waals surface area contributed by atoms with Gasteiger partial charge in [-0.3, -0.25) is 4.79 Å². The van der Waals surface area contributed by atoms with Gasteiger partial charge < -0.3 is 19.2 Å². The number of hydrogen-bond acceptors (Lipinski definition) is 5. The summed E-state index contributed by atoms with van der Waals surface area (Å²) in [5.41, 5.74) is 2.64. The Morgan fingerprint density at radius 1 is 1.04 bits per heavy atom. The maximum Gasteiger partial charge on any atom is 0.168 e. The molecule has 1 heterocycles. The van der Waals surface area contributed by atoms with Gasteiger partial charge in [-0.15, -0.1) is 0 Å². The molecule has 0 saturated heterocycles. The summed E-state index contributed by atoms with van der Waals surface area (Å²) in [6.45, 7) is 3.41. The van der Waals surface area contributed by atoms with E-state index in [0.717, 1.165) is 52.3 Å². The molecule has 0 radical (unpaired) electrons. The average Bonchev–Trinajstić information content (AvgIpc) is 3.11. The normalized spacial score (nSPS) is 11.0. The molecule has 0 unspecified atom stereocenters. The third kappa shape index (κ3) is 4.54. The molecule has 0 atom stereocenters. The number of rotatable bonds is 10. The van der Waals surface area contributed by atoms with Crippen LogP contribution < -0.4 is 14.8 Å². The fourth-order valence-corrected chi connectivity index (χ4v) is 3.35. The number of furan rings is 1. The van der Waals surface area contributed by atoms with E-state index < -0.39 is 0 Å². The first-order chi connectivity index (χ1) is 13.7. The SMILES string of the molecule is CCc1oc2ccccc2c1C(=O)CCNCCc1cc(OC)cc(OC)c1. The number of ether oxygens (including phenoxy) is 2. The van der Waals surface area contributed by atoms with E-state index >= 15 is 0 Å². The van der Waals surface area contributed by atoms with Crippen LogP contribution in [0.4, 0.5) is 0 Å². The molecule has 5 nitrogen and oxygen atoms in total. The van der Waals surface area contributed by atoms with Crippen molar-refractivity contribution in [1.82, 2.24) is 5.32 Å². The van der Waals surface area contributed by atoms with Crippen LogP contribution in [0.15, 0.2) is 46.9 Å². The number of fused-ring (bicyclic) bond motifs is 1. The zero-order valence-corrected chi connectivity index (χ0v) is 16.7. The van der Waals surface area contributed by atoms with Crippen molar-refractivity contribution in [3.05, 3.63) is 59.4 Å². The smallest absolute Gasteiger partial charge is 0.168 e. The van der Waals surface area contributed by atoms with E-state index in [4.69, 9.17) is 13.9 Å². The molecule has 0 amide bonds. The van der Waals surface area contributed by atoms with Crippen molar-refractivity contribution >= 4 is 16.8 Å². The molecule has 2 aromatic carbocycles. The second-order valence-corrected chi connectivity index (χ2v) is 6.64. The first kappa shape index (κ1) is 20.0. The van der Waals surface area contributed by atoms with Crippen LogP contribution in [0.1, 0.15) is 35.0 Å². The molecule has 0 aliphatic rings. The second kappa shape index (κ2) is 9.42. The molecule has 0 bridgehead atoms. The lowest BCUT2D eigenvalue weighted by Crippen LogP contribution is -2.21. The first-order valence-corrected chi connectivity index (χ1v) is 9.62. The minimum absolute atomic E-state index is 0.123. The minimum Gasteiger partial charge on any atom is -0.497 e. The predicted molar refractivity (Wildman–Crippen MR) is 111 cm³/mol. The maximum atomic E-state index is 12.8. The van der Waals surface area contributed by atoms with Crippen LogP contribution in [-0.2, 0) is 12.8 Å². The lowest BCUT2D eigenvalue weighted by molar-refractivity contribution is 0.0982. The molecule has 1 N–H and O–H groups in total. The van der Waals surface area contributed by atoms with Crippen LogP contribution in [0.25, 0.3) is 11.0 Å². The number of carbonyl (C=O) groups is 1. The largest absolute Gasteiger partial charge is 0.497 e. The molecule has 148 valence electrons. The molecule has 28 heavy (non-hydrogen) atoms. The maximum absolute atomic E-state index is 12.8. The van der Waals surface area contributed by atoms with Crippen molar-refractivity contribution in [2.24, 2.45) is 0 Å². The molecular formula is C23H27NO4. The van der Waals surface area contributed by atoms with Crippen molar-refractivity contribution < 1.29 is 18.7 Å². The molecule has 3 rings (SSSR count). The van der Waals surface area contributed by atoms with E-state index in [1.165, 1.54) is 0 Å². The van der Waals surface area contributed by atoms with Crippen molar-refractivity contribution in [3.8, 4) is 11.5 Å². The van der Waals surface area contributed by atoms with Gasteiger partial charge in [0.05, 0.1) is 19.8 Å². The number of Topliss-reactive ketones (excluding diaryl/α,β-unsaturated/α-hetero) is 1. The Labute approximate surface area is 165 Å². The fraction of sp³-hybridized carbons (Fsp3) is 0.348. The quantitative estimate of drug-likeness (QED) is 0.416. The van der Waals surface area contributed by atoms with Gasteiger partial charge in [-0.2, -0.15) is 0 Å². The standard InChI is InChI=1S/C23H27NO4/c1-4-21-23(19-7-5-6-8-22(19)28-21)20(25)10-12-24-11-9-16-13-17(26-2)15-18(14-16)27-3/h5-8,13-15,24H,4,9-12H2,1-3H3. The number of nitrogens with one attached hydrogen (secondary N) is 1. The van der Waals surface area contributed by atoms with Crippen molar-refractivity contribution in [1.29, 1.82) is 0 Å². The third-order valence-electron chi connectivity index (χ3n) is 4.80. The summed E-state index contributed by atoms with van der Waals surface area (Å²) < 4.78 is 16.4. The van der Waals surface area contributed by atoms with Crippen LogP contribution in [0.3, 0.4) is 0 Å². The number of methoxy groups -OCH3 is 2. The van der Waals surface area contributed by atoms with Gasteiger partial charge in [0.1, 0.15) is 22.8 Å². The number of carbonyl (C=O) groups excluding carboxylic acids is 1. The van der Waals surface area contributed by atoms with Gasteiger partial charge in [-0.25, -0.2) is 0 Å². The summed E-state index contributed by atoms with van der Waals surface area (Å²) in [6, 6.07) is 13.6. The lowest BCUT2D eigenvalue weighted by atomic mass is 10.0. The van der Waals surface area contributed by atoms with Gasteiger partial charge in [0.15, 0.2) is 5.78 Å². The van der Waals surface area contributed by atoms with Gasteiger partial charge in [-0.05, 0) is 36.7 Å². The zero-order valence-electron chi connectivity index (χ0n) is 16.7. The highest BCUT2D eigenvalue weighted by Crippen LogP contribution is 2.27. The van der Waals surface area contributed by atoms with Gasteiger partial charge in [0.2, 0.25) is 0 Å². The van der Waals surface area contributed by atoms with Gasteiger partial charge in [-0.1, -0.05) is 25.1 Å². The molecule has 0 fully saturated rings. The summed E-state index contributed by atoms with van der Waals surface area (Å²) in [7, 11) is 3.29. The predicted octanol–water partition coefficient (Wildman–Crippen LogP) is 4.42. The summed E-state index contributed by atoms with van der Waals surface area (Å²) in [6.07, 6.45) is 1.98. The van der Waals surface area contributed by atoms with Gasteiger partial charge in [0.25, 0.3) is 0 Å². The second-order valence-electron chi connectivity index (χ2n) is 6.64. The summed E-state index contributed by atoms with van der Waals surface area (Å²) in [5, 5.41) is 4.26. The van der Waals surface area contributed by atoms with Crippen LogP contribution in [0.2, 0.25) is 0 Å². The average molecular weight is 381 g/mol. The highest BCUT2D eigenvalue weighted by Gasteiger charge is 2.18. The highest BCUT2D eigenvalue weighted by molar-refractivity contribution is 6.08. The third-order valence-corrected chi connectivity index (χ3v) is 4.80. The number of aryl methyl sites for hydroxylation is 1. The van der Waals surface area contributed by atoms with E-state index in [0.29, 0.717) is 19.4 Å². The molecule has 0 saturated carbocycles. The van der Waals surface area contributed by atoms with Crippen molar-refractivity contribution in [2.75, 3.05) is 27.3 Å². The monoisotopic (exact) mass is 381 g/mol. The van der Waals surface area contributed by atoms with Gasteiger partial charge >= 0.3 is 0 Å². The Morgan fingerprint density at radius 2 is 1.75 bits per heavy atom. The molecular weight excluding hydrogens is 354 g/mol. The minimum atomic E-state index is 0.123. The summed E-state index contributed by atoms with van der Waals surface area (Å²) >= 11 is 0. The summed E-state index contributed by atoms with van der Waals surface area (Å²) in [5.74, 6) is 2.46. The van der Waals surface area contributed by atoms with Crippen molar-refractivity contribution in [2.45, 2.75) is 26.2 Å². The number of ketones is 1. The van der Waals surface area contributed by atoms with E-state index in [9.17, 15) is 4.79 Å². The number of benzene rings is 2. The van der Waals surface area contributed by atoms with Crippen LogP contribution >= 0.6 is 0 Å². The van der Waals surface area contributed by atoms with E-state index in [2.05, 4.69) is 5.32 Å². The lowest BCUT2D eigenvalue weighted by Gasteiger charge is -2.09. The van der Waals surface area contributed by atoms with Crippen LogP contribution in [0.5, 0.6) is 11.5 Å². The number of hydrogen-bond donors (Lipinski definition) is 1. The van der Waals surface area contributed by atoms with E-state index in [1.807, 2.05) is 49.4 Å². The molecule has 3 aromatic rings. The van der Waals surface area contributed by atoms with Crippen molar-refractivity contribution in [3.63, 3.8) is 0 Å². The van der Waals surface area contributed by atoms with E-state index in [-0.39, 0.29) is 5.78 Å². The molecule has 0 aliphatic heterocycles. The molecule has 1 aromatic heterocycles. The zero-order chi connectivity index (χ0) is 19.9. The molecule has 0 spiro atoms. The van der Waals surface area contributed by atoms with E-state index in [1.54, 1.807) is 14.2 Å². The fourth-order valence-electron chi connectivity index (χ4n) is 3.35. The highest BCUT2D eigenvalue weighted by atomic mass is 16.5. The summed E-state index contributed by atoms with van der Waals surface area (Å²) in [4.78, 5) is 12.8.